The van der Waals surface area contributed by atoms with Crippen LogP contribution in [0, 0.1) is 5.41 Å². The molecule has 4 nitrogen and oxygen atoms in total. The van der Waals surface area contributed by atoms with E-state index in [4.69, 9.17) is 14.5 Å². The Balaban J connectivity index is 1.55. The molecular formula is C28H32F3NO3. The molecule has 0 unspecified atom stereocenters. The summed E-state index contributed by atoms with van der Waals surface area (Å²) in [5.41, 5.74) is 4.38. The van der Waals surface area contributed by atoms with E-state index >= 15 is 0 Å². The van der Waals surface area contributed by atoms with E-state index in [0.717, 1.165) is 65.9 Å². The van der Waals surface area contributed by atoms with Gasteiger partial charge in [-0.3, -0.25) is 4.98 Å². The van der Waals surface area contributed by atoms with Crippen LogP contribution in [0.25, 0.3) is 0 Å². The van der Waals surface area contributed by atoms with Gasteiger partial charge in [-0.05, 0) is 60.3 Å². The molecular weight excluding hydrogens is 455 g/mol. The number of hydrogen-bond donors (Lipinski definition) is 1. The molecule has 1 aromatic heterocycles. The molecule has 2 aliphatic carbocycles. The predicted molar refractivity (Wildman–Crippen MR) is 124 cm³/mol. The highest BCUT2D eigenvalue weighted by molar-refractivity contribution is 5.54. The lowest BCUT2D eigenvalue weighted by Gasteiger charge is -2.48. The fourth-order valence-electron chi connectivity index (χ4n) is 6.86. The maximum absolute atomic E-state index is 13.2. The summed E-state index contributed by atoms with van der Waals surface area (Å²) in [6.07, 6.45) is 0.877. The standard InChI is InChI=1S/C28H32F3NO3/c1-16(2)24-22-23(21-19(32-24)14-26(8-3-9-26)15-20(21)33)27(10-12-34-13-11-27)35-25(22)17-4-6-18(7-5-17)28(29,30)31/h4-7,16,20,25,33H,3,8-15H2,1-2H3/t20-,25+/m0/s1. The zero-order chi connectivity index (χ0) is 24.6. The molecule has 2 aromatic rings. The minimum atomic E-state index is -4.39. The van der Waals surface area contributed by atoms with Crippen LogP contribution in [0.4, 0.5) is 13.2 Å². The van der Waals surface area contributed by atoms with Gasteiger partial charge in [0, 0.05) is 48.6 Å². The van der Waals surface area contributed by atoms with Gasteiger partial charge >= 0.3 is 6.18 Å². The van der Waals surface area contributed by atoms with Gasteiger partial charge in [0.15, 0.2) is 0 Å². The van der Waals surface area contributed by atoms with Crippen LogP contribution in [-0.2, 0) is 27.7 Å². The third-order valence-corrected chi connectivity index (χ3v) is 8.75. The summed E-state index contributed by atoms with van der Waals surface area (Å²) in [5, 5.41) is 11.5. The quantitative estimate of drug-likeness (QED) is 0.526. The highest BCUT2D eigenvalue weighted by Crippen LogP contribution is 2.60. The summed E-state index contributed by atoms with van der Waals surface area (Å²) in [5.74, 6) is 0.112. The summed E-state index contributed by atoms with van der Waals surface area (Å²) < 4.78 is 52.3. The van der Waals surface area contributed by atoms with Crippen molar-refractivity contribution >= 4 is 0 Å². The average molecular weight is 488 g/mol. The molecule has 0 radical (unpaired) electrons. The molecule has 3 heterocycles. The molecule has 1 saturated heterocycles. The number of halogens is 3. The summed E-state index contributed by atoms with van der Waals surface area (Å²) in [6, 6.07) is 5.31. The molecule has 0 amide bonds. The van der Waals surface area contributed by atoms with Gasteiger partial charge in [-0.2, -0.15) is 13.2 Å². The van der Waals surface area contributed by atoms with Crippen molar-refractivity contribution < 1.29 is 27.8 Å². The van der Waals surface area contributed by atoms with Crippen LogP contribution in [0.5, 0.6) is 0 Å². The van der Waals surface area contributed by atoms with E-state index in [9.17, 15) is 18.3 Å². The van der Waals surface area contributed by atoms with Crippen molar-refractivity contribution in [2.45, 2.75) is 88.7 Å². The van der Waals surface area contributed by atoms with E-state index in [1.807, 2.05) is 0 Å². The highest BCUT2D eigenvalue weighted by atomic mass is 19.4. The Kier molecular flexibility index (Phi) is 5.37. The van der Waals surface area contributed by atoms with Gasteiger partial charge in [0.05, 0.1) is 17.3 Å². The molecule has 2 fully saturated rings. The molecule has 0 bridgehead atoms. The summed E-state index contributed by atoms with van der Waals surface area (Å²) in [6.45, 7) is 5.30. The normalized spacial score (nSPS) is 26.6. The molecule has 4 aliphatic rings. The lowest BCUT2D eigenvalue weighted by atomic mass is 9.58. The number of aliphatic hydroxyl groups is 1. The van der Waals surface area contributed by atoms with Gasteiger partial charge < -0.3 is 14.6 Å². The molecule has 188 valence electrons. The largest absolute Gasteiger partial charge is 0.416 e. The first kappa shape index (κ1) is 23.4. The Hall–Kier alpha value is -1.96. The number of fused-ring (bicyclic) bond motifs is 4. The fourth-order valence-corrected chi connectivity index (χ4v) is 6.86. The Bertz CT molecular complexity index is 1130. The lowest BCUT2D eigenvalue weighted by Crippen LogP contribution is -2.40. The van der Waals surface area contributed by atoms with Gasteiger partial charge in [-0.15, -0.1) is 0 Å². The van der Waals surface area contributed by atoms with Crippen LogP contribution in [0.15, 0.2) is 24.3 Å². The van der Waals surface area contributed by atoms with Crippen molar-refractivity contribution in [3.63, 3.8) is 0 Å². The van der Waals surface area contributed by atoms with Crippen LogP contribution < -0.4 is 0 Å². The average Bonchev–Trinajstić information content (AvgIpc) is 3.11. The second kappa shape index (κ2) is 8.02. The smallest absolute Gasteiger partial charge is 0.388 e. The van der Waals surface area contributed by atoms with Gasteiger partial charge in [0.2, 0.25) is 0 Å². The summed E-state index contributed by atoms with van der Waals surface area (Å²) >= 11 is 0. The maximum Gasteiger partial charge on any atom is 0.416 e. The van der Waals surface area contributed by atoms with Crippen molar-refractivity contribution in [2.75, 3.05) is 13.2 Å². The van der Waals surface area contributed by atoms with Crippen LogP contribution in [0.2, 0.25) is 0 Å². The molecule has 7 heteroatoms. The van der Waals surface area contributed by atoms with Gasteiger partial charge in [-0.25, -0.2) is 0 Å². The SMILES string of the molecule is CC(C)c1nc2c(c3c1[C@@H](c1ccc(C(F)(F)F)cc1)OC31CCOCC1)[C@@H](O)CC1(CCC1)C2. The second-order valence-corrected chi connectivity index (χ2v) is 11.3. The van der Waals surface area contributed by atoms with Crippen molar-refractivity contribution in [1.82, 2.24) is 4.98 Å². The number of pyridine rings is 1. The first-order valence-electron chi connectivity index (χ1n) is 12.8. The van der Waals surface area contributed by atoms with Gasteiger partial charge in [0.25, 0.3) is 0 Å². The van der Waals surface area contributed by atoms with Crippen LogP contribution in [-0.4, -0.2) is 23.3 Å². The van der Waals surface area contributed by atoms with E-state index in [1.165, 1.54) is 18.6 Å². The highest BCUT2D eigenvalue weighted by Gasteiger charge is 2.53. The molecule has 35 heavy (non-hydrogen) atoms. The number of nitrogens with zero attached hydrogens (tertiary/aromatic N) is 1. The van der Waals surface area contributed by atoms with Crippen molar-refractivity contribution in [2.24, 2.45) is 5.41 Å². The summed E-state index contributed by atoms with van der Waals surface area (Å²) in [4.78, 5) is 5.17. The first-order chi connectivity index (χ1) is 16.6. The van der Waals surface area contributed by atoms with Crippen LogP contribution >= 0.6 is 0 Å². The Morgan fingerprint density at radius 2 is 1.71 bits per heavy atom. The number of hydrogen-bond acceptors (Lipinski definition) is 4. The maximum atomic E-state index is 13.2. The predicted octanol–water partition coefficient (Wildman–Crippen LogP) is 6.50. The number of alkyl halides is 3. The van der Waals surface area contributed by atoms with E-state index in [2.05, 4.69) is 13.8 Å². The monoisotopic (exact) mass is 487 g/mol. The fraction of sp³-hybridized carbons (Fsp3) is 0.607. The second-order valence-electron chi connectivity index (χ2n) is 11.3. The zero-order valence-corrected chi connectivity index (χ0v) is 20.3. The van der Waals surface area contributed by atoms with E-state index in [-0.39, 0.29) is 11.3 Å². The minimum absolute atomic E-state index is 0.112. The van der Waals surface area contributed by atoms with Crippen molar-refractivity contribution in [3.8, 4) is 0 Å². The van der Waals surface area contributed by atoms with Gasteiger partial charge in [0.1, 0.15) is 6.10 Å². The van der Waals surface area contributed by atoms with Crippen LogP contribution in [0.1, 0.15) is 110 Å². The summed E-state index contributed by atoms with van der Waals surface area (Å²) in [7, 11) is 0. The number of aliphatic hydroxyl groups excluding tert-OH is 1. The number of benzene rings is 1. The first-order valence-corrected chi connectivity index (χ1v) is 12.8. The Morgan fingerprint density at radius 3 is 2.29 bits per heavy atom. The molecule has 2 spiro atoms. The number of ether oxygens (including phenoxy) is 2. The van der Waals surface area contributed by atoms with E-state index in [0.29, 0.717) is 31.6 Å². The zero-order valence-electron chi connectivity index (χ0n) is 20.3. The van der Waals surface area contributed by atoms with Crippen LogP contribution in [0.3, 0.4) is 0 Å². The number of aromatic nitrogens is 1. The molecule has 6 rings (SSSR count). The minimum Gasteiger partial charge on any atom is -0.388 e. The third kappa shape index (κ3) is 3.65. The Labute approximate surface area is 203 Å². The number of rotatable bonds is 2. The van der Waals surface area contributed by atoms with Crippen molar-refractivity contribution in [1.29, 1.82) is 0 Å². The molecule has 1 N–H and O–H groups in total. The topological polar surface area (TPSA) is 51.6 Å². The molecule has 2 aliphatic heterocycles. The third-order valence-electron chi connectivity index (χ3n) is 8.75. The van der Waals surface area contributed by atoms with Crippen molar-refractivity contribution in [3.05, 3.63) is 63.5 Å². The Morgan fingerprint density at radius 1 is 1.03 bits per heavy atom. The molecule has 2 atom stereocenters. The van der Waals surface area contributed by atoms with E-state index in [1.54, 1.807) is 0 Å². The van der Waals surface area contributed by atoms with Gasteiger partial charge in [-0.1, -0.05) is 32.4 Å². The van der Waals surface area contributed by atoms with E-state index < -0.39 is 29.5 Å². The molecule has 1 saturated carbocycles. The molecule has 1 aromatic carbocycles. The lowest BCUT2D eigenvalue weighted by molar-refractivity contribution is -0.137.